The molecule has 1 aromatic heterocycles. The third kappa shape index (κ3) is 4.03. The molecule has 0 bridgehead atoms. The number of rotatable bonds is 4. The number of hydrogen-bond acceptors (Lipinski definition) is 4. The first-order valence-corrected chi connectivity index (χ1v) is 8.54. The number of anilines is 3. The Morgan fingerprint density at radius 1 is 1.04 bits per heavy atom. The zero-order valence-electron chi connectivity index (χ0n) is 13.9. The van der Waals surface area contributed by atoms with Crippen LogP contribution < -0.4 is 10.2 Å². The van der Waals surface area contributed by atoms with Crippen LogP contribution in [0.25, 0.3) is 0 Å². The Morgan fingerprint density at radius 2 is 1.80 bits per heavy atom. The minimum absolute atomic E-state index is 0.262. The highest BCUT2D eigenvalue weighted by Crippen LogP contribution is 2.24. The molecular weight excluding hydrogens is 380 g/mol. The van der Waals surface area contributed by atoms with Crippen LogP contribution in [0.4, 0.5) is 17.2 Å². The van der Waals surface area contributed by atoms with Crippen molar-refractivity contribution in [3.63, 3.8) is 0 Å². The quantitative estimate of drug-likeness (QED) is 0.701. The molecule has 0 spiro atoms. The van der Waals surface area contributed by atoms with Crippen LogP contribution in [0.15, 0.2) is 65.1 Å². The molecule has 1 heterocycles. The van der Waals surface area contributed by atoms with Gasteiger partial charge in [-0.15, -0.1) is 10.2 Å². The Bertz CT molecular complexity index is 882. The van der Waals surface area contributed by atoms with Crippen molar-refractivity contribution in [1.29, 1.82) is 0 Å². The Hall–Kier alpha value is -2.73. The van der Waals surface area contributed by atoms with E-state index in [2.05, 4.69) is 31.4 Å². The molecule has 0 aliphatic carbocycles. The van der Waals surface area contributed by atoms with Crippen LogP contribution in [0, 0.1) is 6.92 Å². The van der Waals surface area contributed by atoms with Crippen molar-refractivity contribution in [1.82, 2.24) is 10.2 Å². The molecule has 5 nitrogen and oxygen atoms in total. The number of carbonyl (C=O) groups excluding carboxylic acids is 1. The predicted octanol–water partition coefficient (Wildman–Crippen LogP) is 4.57. The van der Waals surface area contributed by atoms with Gasteiger partial charge in [0, 0.05) is 17.2 Å². The number of nitrogens with zero attached hydrogens (tertiary/aromatic N) is 3. The fourth-order valence-corrected chi connectivity index (χ4v) is 2.91. The van der Waals surface area contributed by atoms with E-state index < -0.39 is 0 Å². The number of benzene rings is 2. The van der Waals surface area contributed by atoms with E-state index in [1.54, 1.807) is 12.1 Å². The molecule has 1 N–H and O–H groups in total. The standard InChI is InChI=1S/C19H17BrN4O/c1-13-8-9-16(15(20)12-13)21-19(25)17-10-11-18(23-22-17)24(2)14-6-4-3-5-7-14/h3-12H,1-2H3,(H,21,25). The third-order valence-corrected chi connectivity index (χ3v) is 4.40. The average molecular weight is 397 g/mol. The number of amides is 1. The van der Waals surface area contributed by atoms with E-state index in [-0.39, 0.29) is 11.6 Å². The van der Waals surface area contributed by atoms with E-state index in [0.29, 0.717) is 11.5 Å². The van der Waals surface area contributed by atoms with Crippen molar-refractivity contribution in [2.24, 2.45) is 0 Å². The molecule has 0 aliphatic rings. The van der Waals surface area contributed by atoms with Gasteiger partial charge in [0.25, 0.3) is 5.91 Å². The number of para-hydroxylation sites is 1. The van der Waals surface area contributed by atoms with Crippen LogP contribution in [-0.2, 0) is 0 Å². The van der Waals surface area contributed by atoms with E-state index in [0.717, 1.165) is 15.7 Å². The highest BCUT2D eigenvalue weighted by Gasteiger charge is 2.12. The molecule has 0 fully saturated rings. The first-order valence-electron chi connectivity index (χ1n) is 7.74. The van der Waals surface area contributed by atoms with Crippen molar-refractivity contribution in [2.75, 3.05) is 17.3 Å². The summed E-state index contributed by atoms with van der Waals surface area (Å²) in [7, 11) is 1.91. The van der Waals surface area contributed by atoms with Gasteiger partial charge in [0.1, 0.15) is 0 Å². The molecule has 25 heavy (non-hydrogen) atoms. The largest absolute Gasteiger partial charge is 0.328 e. The Balaban J connectivity index is 1.74. The second-order valence-electron chi connectivity index (χ2n) is 5.61. The predicted molar refractivity (Wildman–Crippen MR) is 103 cm³/mol. The van der Waals surface area contributed by atoms with Gasteiger partial charge < -0.3 is 10.2 Å². The van der Waals surface area contributed by atoms with Crippen LogP contribution in [0.5, 0.6) is 0 Å². The summed E-state index contributed by atoms with van der Waals surface area (Å²) in [5.41, 5.74) is 3.07. The zero-order chi connectivity index (χ0) is 17.8. The fraction of sp³-hybridized carbons (Fsp3) is 0.105. The van der Waals surface area contributed by atoms with Crippen molar-refractivity contribution >= 4 is 39.0 Å². The summed E-state index contributed by atoms with van der Waals surface area (Å²) < 4.78 is 0.828. The van der Waals surface area contributed by atoms with Gasteiger partial charge in [0.2, 0.25) is 0 Å². The van der Waals surface area contributed by atoms with Crippen LogP contribution >= 0.6 is 15.9 Å². The van der Waals surface area contributed by atoms with E-state index >= 15 is 0 Å². The summed E-state index contributed by atoms with van der Waals surface area (Å²) in [5.74, 6) is 0.366. The summed E-state index contributed by atoms with van der Waals surface area (Å²) in [5, 5.41) is 11.0. The topological polar surface area (TPSA) is 58.1 Å². The summed E-state index contributed by atoms with van der Waals surface area (Å²) in [6, 6.07) is 19.0. The normalized spacial score (nSPS) is 10.4. The Labute approximate surface area is 154 Å². The molecule has 1 amide bonds. The van der Waals surface area contributed by atoms with Gasteiger partial charge in [-0.3, -0.25) is 4.79 Å². The Morgan fingerprint density at radius 3 is 2.44 bits per heavy atom. The van der Waals surface area contributed by atoms with Crippen molar-refractivity contribution in [3.8, 4) is 0 Å². The van der Waals surface area contributed by atoms with Crippen molar-refractivity contribution in [2.45, 2.75) is 6.92 Å². The first-order chi connectivity index (χ1) is 12.0. The minimum Gasteiger partial charge on any atom is -0.328 e. The SMILES string of the molecule is Cc1ccc(NC(=O)c2ccc(N(C)c3ccccc3)nn2)c(Br)c1. The molecule has 3 rings (SSSR count). The zero-order valence-corrected chi connectivity index (χ0v) is 15.5. The molecule has 0 saturated heterocycles. The lowest BCUT2D eigenvalue weighted by Crippen LogP contribution is -2.17. The molecule has 3 aromatic rings. The van der Waals surface area contributed by atoms with E-state index in [4.69, 9.17) is 0 Å². The van der Waals surface area contributed by atoms with Crippen molar-refractivity contribution < 1.29 is 4.79 Å². The lowest BCUT2D eigenvalue weighted by molar-refractivity contribution is 0.102. The number of aromatic nitrogens is 2. The maximum absolute atomic E-state index is 12.4. The summed E-state index contributed by atoms with van der Waals surface area (Å²) in [6.45, 7) is 1.99. The highest BCUT2D eigenvalue weighted by atomic mass is 79.9. The third-order valence-electron chi connectivity index (χ3n) is 3.74. The molecule has 126 valence electrons. The molecule has 2 aromatic carbocycles. The van der Waals surface area contributed by atoms with E-state index in [9.17, 15) is 4.79 Å². The monoisotopic (exact) mass is 396 g/mol. The van der Waals surface area contributed by atoms with Crippen LogP contribution in [0.3, 0.4) is 0 Å². The first kappa shape index (κ1) is 17.1. The van der Waals surface area contributed by atoms with Gasteiger partial charge in [0.15, 0.2) is 11.5 Å². The maximum atomic E-state index is 12.4. The van der Waals surface area contributed by atoms with Gasteiger partial charge in [-0.2, -0.15) is 0 Å². The van der Waals surface area contributed by atoms with Crippen LogP contribution in [0.2, 0.25) is 0 Å². The van der Waals surface area contributed by atoms with Crippen molar-refractivity contribution in [3.05, 3.63) is 76.4 Å². The molecule has 0 radical (unpaired) electrons. The molecule has 6 heteroatoms. The summed E-state index contributed by atoms with van der Waals surface area (Å²) in [4.78, 5) is 14.3. The number of hydrogen-bond donors (Lipinski definition) is 1. The number of aryl methyl sites for hydroxylation is 1. The second kappa shape index (κ2) is 7.44. The lowest BCUT2D eigenvalue weighted by Gasteiger charge is -2.17. The number of halogens is 1. The van der Waals surface area contributed by atoms with Gasteiger partial charge in [0.05, 0.1) is 5.69 Å². The second-order valence-corrected chi connectivity index (χ2v) is 6.46. The molecule has 0 aliphatic heterocycles. The van der Waals surface area contributed by atoms with Crippen LogP contribution in [0.1, 0.15) is 16.1 Å². The van der Waals surface area contributed by atoms with Gasteiger partial charge in [-0.05, 0) is 64.8 Å². The summed E-state index contributed by atoms with van der Waals surface area (Å²) >= 11 is 3.45. The van der Waals surface area contributed by atoms with E-state index in [1.807, 2.05) is 67.4 Å². The maximum Gasteiger partial charge on any atom is 0.276 e. The highest BCUT2D eigenvalue weighted by molar-refractivity contribution is 9.10. The molecule has 0 saturated carbocycles. The van der Waals surface area contributed by atoms with Gasteiger partial charge in [-0.25, -0.2) is 0 Å². The lowest BCUT2D eigenvalue weighted by atomic mass is 10.2. The fourth-order valence-electron chi connectivity index (χ4n) is 2.32. The Kier molecular flexibility index (Phi) is 5.09. The summed E-state index contributed by atoms with van der Waals surface area (Å²) in [6.07, 6.45) is 0. The smallest absolute Gasteiger partial charge is 0.276 e. The number of carbonyl (C=O) groups is 1. The van der Waals surface area contributed by atoms with Gasteiger partial charge in [-0.1, -0.05) is 24.3 Å². The minimum atomic E-state index is -0.300. The van der Waals surface area contributed by atoms with Crippen LogP contribution in [-0.4, -0.2) is 23.2 Å². The molecular formula is C19H17BrN4O. The molecule has 0 unspecified atom stereocenters. The van der Waals surface area contributed by atoms with E-state index in [1.165, 1.54) is 0 Å². The van der Waals surface area contributed by atoms with Gasteiger partial charge >= 0.3 is 0 Å². The average Bonchev–Trinajstić information content (AvgIpc) is 2.64. The number of nitrogens with one attached hydrogen (secondary N) is 1. The molecule has 0 atom stereocenters.